The molecule has 1 aromatic heterocycles. The lowest BCUT2D eigenvalue weighted by Crippen LogP contribution is -2.16. The zero-order valence-corrected chi connectivity index (χ0v) is 10.8. The summed E-state index contributed by atoms with van der Waals surface area (Å²) in [5.41, 5.74) is 0.649. The largest absolute Gasteiger partial charge is 0.573 e. The molecular formula is C11H7F3O3S2. The molecule has 0 aliphatic carbocycles. The minimum atomic E-state index is -4.72. The molecule has 0 aliphatic rings. The van der Waals surface area contributed by atoms with E-state index in [2.05, 4.69) is 4.74 Å². The summed E-state index contributed by atoms with van der Waals surface area (Å²) in [6.45, 7) is 0. The Bertz CT molecular complexity index is 590. The fraction of sp³-hybridized carbons (Fsp3) is 0.0909. The molecule has 1 atom stereocenters. The summed E-state index contributed by atoms with van der Waals surface area (Å²) >= 11 is -0.955. The van der Waals surface area contributed by atoms with Crippen molar-refractivity contribution in [1.29, 1.82) is 0 Å². The molecule has 1 aromatic carbocycles. The van der Waals surface area contributed by atoms with Crippen molar-refractivity contribution in [2.45, 2.75) is 10.6 Å². The van der Waals surface area contributed by atoms with E-state index in [4.69, 9.17) is 4.55 Å². The van der Waals surface area contributed by atoms with Crippen LogP contribution in [0, 0.1) is 0 Å². The lowest BCUT2D eigenvalue weighted by Gasteiger charge is -2.08. The minimum Gasteiger partial charge on any atom is -0.406 e. The fourth-order valence-corrected chi connectivity index (χ4v) is 2.87. The van der Waals surface area contributed by atoms with Crippen LogP contribution in [0.15, 0.2) is 40.6 Å². The van der Waals surface area contributed by atoms with Gasteiger partial charge in [-0.25, -0.2) is 4.21 Å². The molecule has 0 aliphatic heterocycles. The van der Waals surface area contributed by atoms with Gasteiger partial charge >= 0.3 is 6.36 Å². The molecule has 8 heteroatoms. The van der Waals surface area contributed by atoms with E-state index in [1.807, 2.05) is 0 Å². The van der Waals surface area contributed by atoms with E-state index in [-0.39, 0.29) is 9.96 Å². The molecule has 19 heavy (non-hydrogen) atoms. The zero-order chi connectivity index (χ0) is 14.0. The number of halogens is 3. The van der Waals surface area contributed by atoms with Crippen LogP contribution in [0.25, 0.3) is 10.4 Å². The summed E-state index contributed by atoms with van der Waals surface area (Å²) in [4.78, 5) is 0.691. The summed E-state index contributed by atoms with van der Waals surface area (Å²) in [6.07, 6.45) is -4.72. The van der Waals surface area contributed by atoms with Gasteiger partial charge in [0.1, 0.15) is 9.96 Å². The van der Waals surface area contributed by atoms with Gasteiger partial charge < -0.3 is 9.29 Å². The molecule has 2 aromatic rings. The van der Waals surface area contributed by atoms with Gasteiger partial charge in [-0.2, -0.15) is 0 Å². The first-order valence-electron chi connectivity index (χ1n) is 4.92. The van der Waals surface area contributed by atoms with Gasteiger partial charge in [-0.1, -0.05) is 0 Å². The van der Waals surface area contributed by atoms with Crippen molar-refractivity contribution in [3.63, 3.8) is 0 Å². The van der Waals surface area contributed by atoms with Gasteiger partial charge in [-0.05, 0) is 42.0 Å². The van der Waals surface area contributed by atoms with Crippen molar-refractivity contribution in [2.75, 3.05) is 0 Å². The topological polar surface area (TPSA) is 46.5 Å². The standard InChI is InChI=1S/C11H7F3O3S2/c12-11(13,14)17-8-3-1-7(2-4-8)9-5-6-10(18-9)19(15)16/h1-6H,(H,15,16). The highest BCUT2D eigenvalue weighted by atomic mass is 32.2. The van der Waals surface area contributed by atoms with E-state index < -0.39 is 17.4 Å². The Morgan fingerprint density at radius 1 is 1.11 bits per heavy atom. The normalized spacial score (nSPS) is 13.3. The van der Waals surface area contributed by atoms with Crippen LogP contribution in [0.2, 0.25) is 0 Å². The Kier molecular flexibility index (Phi) is 3.93. The highest BCUT2D eigenvalue weighted by Gasteiger charge is 2.30. The van der Waals surface area contributed by atoms with Crippen LogP contribution in [0.3, 0.4) is 0 Å². The van der Waals surface area contributed by atoms with Crippen LogP contribution in [0.5, 0.6) is 5.75 Å². The third kappa shape index (κ3) is 3.79. The number of thiophene rings is 1. The molecule has 2 rings (SSSR count). The first-order chi connectivity index (χ1) is 8.85. The second-order valence-electron chi connectivity index (χ2n) is 3.44. The Labute approximate surface area is 112 Å². The maximum absolute atomic E-state index is 12.0. The highest BCUT2D eigenvalue weighted by Crippen LogP contribution is 2.31. The Balaban J connectivity index is 2.20. The Morgan fingerprint density at radius 3 is 2.21 bits per heavy atom. The van der Waals surface area contributed by atoms with Crippen LogP contribution in [-0.2, 0) is 11.1 Å². The number of benzene rings is 1. The molecule has 0 saturated heterocycles. The molecule has 1 N–H and O–H groups in total. The van der Waals surface area contributed by atoms with Gasteiger partial charge in [0, 0.05) is 4.88 Å². The lowest BCUT2D eigenvalue weighted by atomic mass is 10.2. The monoisotopic (exact) mass is 308 g/mol. The van der Waals surface area contributed by atoms with Gasteiger partial charge in [0.25, 0.3) is 0 Å². The molecule has 0 spiro atoms. The molecule has 0 bridgehead atoms. The van der Waals surface area contributed by atoms with Gasteiger partial charge in [0.05, 0.1) is 0 Å². The van der Waals surface area contributed by atoms with Crippen LogP contribution in [0.1, 0.15) is 0 Å². The van der Waals surface area contributed by atoms with Gasteiger partial charge in [-0.3, -0.25) is 0 Å². The predicted molar refractivity (Wildman–Crippen MR) is 65.5 cm³/mol. The molecule has 0 amide bonds. The quantitative estimate of drug-likeness (QED) is 0.875. The molecule has 3 nitrogen and oxygen atoms in total. The van der Waals surface area contributed by atoms with Crippen LogP contribution >= 0.6 is 11.3 Å². The predicted octanol–water partition coefficient (Wildman–Crippen LogP) is 3.89. The van der Waals surface area contributed by atoms with Gasteiger partial charge in [0.2, 0.25) is 0 Å². The lowest BCUT2D eigenvalue weighted by molar-refractivity contribution is -0.274. The third-order valence-corrected chi connectivity index (χ3v) is 4.21. The number of alkyl halides is 3. The number of ether oxygens (including phenoxy) is 1. The first-order valence-corrected chi connectivity index (χ1v) is 6.84. The molecular weight excluding hydrogens is 301 g/mol. The number of hydrogen-bond acceptors (Lipinski definition) is 3. The molecule has 1 unspecified atom stereocenters. The second-order valence-corrected chi connectivity index (χ2v) is 5.72. The maximum atomic E-state index is 12.0. The summed E-state index contributed by atoms with van der Waals surface area (Å²) in [7, 11) is 0. The van der Waals surface area contributed by atoms with E-state index in [0.29, 0.717) is 10.4 Å². The number of hydrogen-bond donors (Lipinski definition) is 1. The third-order valence-electron chi connectivity index (χ3n) is 2.13. The van der Waals surface area contributed by atoms with E-state index >= 15 is 0 Å². The SMILES string of the molecule is O=S(O)c1ccc(-c2ccc(OC(F)(F)F)cc2)s1. The van der Waals surface area contributed by atoms with Crippen LogP contribution < -0.4 is 4.74 Å². The first kappa shape index (κ1) is 14.0. The van der Waals surface area contributed by atoms with Crippen LogP contribution in [-0.4, -0.2) is 15.1 Å². The Morgan fingerprint density at radius 2 is 1.74 bits per heavy atom. The van der Waals surface area contributed by atoms with Crippen molar-refractivity contribution in [3.05, 3.63) is 36.4 Å². The summed E-state index contributed by atoms with van der Waals surface area (Å²) in [5, 5.41) is 0. The fourth-order valence-electron chi connectivity index (χ4n) is 1.39. The summed E-state index contributed by atoms with van der Waals surface area (Å²) < 4.78 is 59.7. The minimum absolute atomic E-state index is 0.283. The van der Waals surface area contributed by atoms with Crippen molar-refractivity contribution in [1.82, 2.24) is 0 Å². The van der Waals surface area contributed by atoms with E-state index in [9.17, 15) is 17.4 Å². The molecule has 0 saturated carbocycles. The molecule has 0 fully saturated rings. The van der Waals surface area contributed by atoms with E-state index in [0.717, 1.165) is 11.3 Å². The molecule has 102 valence electrons. The second kappa shape index (κ2) is 5.32. The average molecular weight is 308 g/mol. The molecule has 0 radical (unpaired) electrons. The highest BCUT2D eigenvalue weighted by molar-refractivity contribution is 7.81. The number of rotatable bonds is 3. The van der Waals surface area contributed by atoms with Gasteiger partial charge in [0.15, 0.2) is 11.1 Å². The van der Waals surface area contributed by atoms with Crippen molar-refractivity contribution in [2.24, 2.45) is 0 Å². The molecule has 1 heterocycles. The van der Waals surface area contributed by atoms with Crippen molar-refractivity contribution in [3.8, 4) is 16.2 Å². The Hall–Kier alpha value is -1.38. The zero-order valence-electron chi connectivity index (χ0n) is 9.18. The van der Waals surface area contributed by atoms with E-state index in [1.165, 1.54) is 30.3 Å². The summed E-state index contributed by atoms with van der Waals surface area (Å²) in [6, 6.07) is 8.42. The summed E-state index contributed by atoms with van der Waals surface area (Å²) in [5.74, 6) is -0.307. The van der Waals surface area contributed by atoms with Crippen molar-refractivity contribution >= 4 is 22.4 Å². The van der Waals surface area contributed by atoms with Crippen molar-refractivity contribution < 1.29 is 26.7 Å². The average Bonchev–Trinajstić information content (AvgIpc) is 2.77. The van der Waals surface area contributed by atoms with Crippen LogP contribution in [0.4, 0.5) is 13.2 Å². The smallest absolute Gasteiger partial charge is 0.406 e. The van der Waals surface area contributed by atoms with E-state index in [1.54, 1.807) is 6.07 Å². The maximum Gasteiger partial charge on any atom is 0.573 e. The van der Waals surface area contributed by atoms with Gasteiger partial charge in [-0.15, -0.1) is 24.5 Å².